The molecule has 0 fully saturated rings. The van der Waals surface area contributed by atoms with Crippen LogP contribution in [-0.4, -0.2) is 11.9 Å². The summed E-state index contributed by atoms with van der Waals surface area (Å²) in [5.41, 5.74) is 6.85. The third kappa shape index (κ3) is 3.82. The van der Waals surface area contributed by atoms with Gasteiger partial charge in [-0.3, -0.25) is 4.79 Å². The van der Waals surface area contributed by atoms with Gasteiger partial charge >= 0.3 is 0 Å². The van der Waals surface area contributed by atoms with Crippen molar-refractivity contribution in [2.45, 2.75) is 32.9 Å². The molecule has 0 spiro atoms. The minimum absolute atomic E-state index is 0.0529. The standard InChI is InChI=1S/C13H19BrN2O/c1-8(2)12(15)13(17)16-9(3)10-6-4-5-7-11(10)14/h4-9,12H,15H2,1-3H3,(H,16,17)/t9-,12-/m0/s1. The number of hydrogen-bond acceptors (Lipinski definition) is 2. The summed E-state index contributed by atoms with van der Waals surface area (Å²) >= 11 is 3.47. The molecule has 0 aromatic heterocycles. The summed E-state index contributed by atoms with van der Waals surface area (Å²) in [5.74, 6) is 0.0321. The number of rotatable bonds is 4. The zero-order valence-corrected chi connectivity index (χ0v) is 12.0. The zero-order valence-electron chi connectivity index (χ0n) is 10.4. The first-order valence-corrected chi connectivity index (χ1v) is 6.53. The lowest BCUT2D eigenvalue weighted by atomic mass is 10.0. The van der Waals surface area contributed by atoms with Gasteiger partial charge in [-0.25, -0.2) is 0 Å². The van der Waals surface area contributed by atoms with Gasteiger partial charge in [-0.05, 0) is 24.5 Å². The number of amides is 1. The molecule has 0 radical (unpaired) electrons. The number of halogens is 1. The second-order valence-electron chi connectivity index (χ2n) is 4.52. The highest BCUT2D eigenvalue weighted by atomic mass is 79.9. The van der Waals surface area contributed by atoms with Crippen molar-refractivity contribution >= 4 is 21.8 Å². The molecular weight excluding hydrogens is 280 g/mol. The third-order valence-electron chi connectivity index (χ3n) is 2.75. The Labute approximate surface area is 111 Å². The Hall–Kier alpha value is -0.870. The highest BCUT2D eigenvalue weighted by molar-refractivity contribution is 9.10. The van der Waals surface area contributed by atoms with Gasteiger partial charge in [0.2, 0.25) is 5.91 Å². The van der Waals surface area contributed by atoms with Crippen molar-refractivity contribution in [1.82, 2.24) is 5.32 Å². The number of nitrogens with two attached hydrogens (primary N) is 1. The van der Waals surface area contributed by atoms with Crippen LogP contribution in [0, 0.1) is 5.92 Å². The van der Waals surface area contributed by atoms with Crippen LogP contribution < -0.4 is 11.1 Å². The average Bonchev–Trinajstić information content (AvgIpc) is 2.28. The second kappa shape index (κ2) is 6.17. The summed E-state index contributed by atoms with van der Waals surface area (Å²) < 4.78 is 0.992. The van der Waals surface area contributed by atoms with Crippen LogP contribution in [-0.2, 0) is 4.79 Å². The van der Waals surface area contributed by atoms with E-state index in [0.29, 0.717) is 0 Å². The lowest BCUT2D eigenvalue weighted by Crippen LogP contribution is -2.44. The molecule has 1 rings (SSSR count). The Morgan fingerprint density at radius 3 is 2.41 bits per heavy atom. The molecule has 4 heteroatoms. The minimum Gasteiger partial charge on any atom is -0.348 e. The highest BCUT2D eigenvalue weighted by Crippen LogP contribution is 2.22. The summed E-state index contributed by atoms with van der Waals surface area (Å²) in [6.07, 6.45) is 0. The number of benzene rings is 1. The SMILES string of the molecule is CC(C)[C@H](N)C(=O)N[C@@H](C)c1ccccc1Br. The molecule has 0 saturated carbocycles. The fourth-order valence-corrected chi connectivity index (χ4v) is 2.14. The summed E-state index contributed by atoms with van der Waals surface area (Å²) in [5, 5.41) is 2.92. The number of carbonyl (C=O) groups is 1. The molecule has 0 heterocycles. The van der Waals surface area contributed by atoms with E-state index in [-0.39, 0.29) is 17.9 Å². The summed E-state index contributed by atoms with van der Waals surface area (Å²) in [4.78, 5) is 11.8. The van der Waals surface area contributed by atoms with Gasteiger partial charge in [-0.1, -0.05) is 48.0 Å². The normalized spacial score (nSPS) is 14.5. The molecule has 0 aliphatic heterocycles. The Balaban J connectivity index is 2.70. The molecule has 3 nitrogen and oxygen atoms in total. The van der Waals surface area contributed by atoms with Gasteiger partial charge in [0, 0.05) is 4.47 Å². The molecule has 1 amide bonds. The van der Waals surface area contributed by atoms with Crippen LogP contribution in [0.1, 0.15) is 32.4 Å². The van der Waals surface area contributed by atoms with E-state index in [2.05, 4.69) is 21.2 Å². The quantitative estimate of drug-likeness (QED) is 0.898. The van der Waals surface area contributed by atoms with Crippen molar-refractivity contribution in [1.29, 1.82) is 0 Å². The minimum atomic E-state index is -0.458. The maximum atomic E-state index is 11.8. The van der Waals surface area contributed by atoms with E-state index in [1.165, 1.54) is 0 Å². The third-order valence-corrected chi connectivity index (χ3v) is 3.47. The molecule has 17 heavy (non-hydrogen) atoms. The van der Waals surface area contributed by atoms with Crippen LogP contribution in [0.5, 0.6) is 0 Å². The van der Waals surface area contributed by atoms with Crippen LogP contribution in [0.25, 0.3) is 0 Å². The van der Waals surface area contributed by atoms with E-state index in [1.807, 2.05) is 45.0 Å². The van der Waals surface area contributed by atoms with Crippen molar-refractivity contribution in [2.24, 2.45) is 11.7 Å². The van der Waals surface area contributed by atoms with E-state index in [9.17, 15) is 4.79 Å². The van der Waals surface area contributed by atoms with Gasteiger partial charge < -0.3 is 11.1 Å². The lowest BCUT2D eigenvalue weighted by Gasteiger charge is -2.20. The second-order valence-corrected chi connectivity index (χ2v) is 5.38. The predicted molar refractivity (Wildman–Crippen MR) is 73.5 cm³/mol. The Bertz CT molecular complexity index is 393. The van der Waals surface area contributed by atoms with Gasteiger partial charge in [0.15, 0.2) is 0 Å². The summed E-state index contributed by atoms with van der Waals surface area (Å²) in [7, 11) is 0. The van der Waals surface area contributed by atoms with Gasteiger partial charge in [0.05, 0.1) is 12.1 Å². The van der Waals surface area contributed by atoms with Crippen LogP contribution >= 0.6 is 15.9 Å². The van der Waals surface area contributed by atoms with Crippen LogP contribution in [0.4, 0.5) is 0 Å². The van der Waals surface area contributed by atoms with Gasteiger partial charge in [0.25, 0.3) is 0 Å². The molecule has 1 aromatic carbocycles. The fraction of sp³-hybridized carbons (Fsp3) is 0.462. The van der Waals surface area contributed by atoms with E-state index in [1.54, 1.807) is 0 Å². The Morgan fingerprint density at radius 2 is 1.88 bits per heavy atom. The van der Waals surface area contributed by atoms with E-state index < -0.39 is 6.04 Å². The molecule has 0 aliphatic rings. The van der Waals surface area contributed by atoms with E-state index in [4.69, 9.17) is 5.73 Å². The van der Waals surface area contributed by atoms with Gasteiger partial charge in [0.1, 0.15) is 0 Å². The lowest BCUT2D eigenvalue weighted by molar-refractivity contribution is -0.123. The van der Waals surface area contributed by atoms with Crippen molar-refractivity contribution in [3.05, 3.63) is 34.3 Å². The Kier molecular flexibility index (Phi) is 5.15. The molecular formula is C13H19BrN2O. The average molecular weight is 299 g/mol. The summed E-state index contributed by atoms with van der Waals surface area (Å²) in [6.45, 7) is 5.83. The molecule has 1 aromatic rings. The predicted octanol–water partition coefficient (Wildman–Crippen LogP) is 2.61. The monoisotopic (exact) mass is 298 g/mol. The topological polar surface area (TPSA) is 55.1 Å². The summed E-state index contributed by atoms with van der Waals surface area (Å²) in [6, 6.07) is 7.33. The van der Waals surface area contributed by atoms with Crippen LogP contribution in [0.3, 0.4) is 0 Å². The fourth-order valence-electron chi connectivity index (χ4n) is 1.52. The Morgan fingerprint density at radius 1 is 1.29 bits per heavy atom. The zero-order chi connectivity index (χ0) is 13.0. The largest absolute Gasteiger partial charge is 0.348 e. The van der Waals surface area contributed by atoms with Gasteiger partial charge in [-0.15, -0.1) is 0 Å². The number of nitrogens with one attached hydrogen (secondary N) is 1. The van der Waals surface area contributed by atoms with Crippen molar-refractivity contribution in [2.75, 3.05) is 0 Å². The molecule has 2 atom stereocenters. The smallest absolute Gasteiger partial charge is 0.237 e. The first-order chi connectivity index (χ1) is 7.93. The van der Waals surface area contributed by atoms with E-state index in [0.717, 1.165) is 10.0 Å². The first-order valence-electron chi connectivity index (χ1n) is 5.74. The van der Waals surface area contributed by atoms with Crippen LogP contribution in [0.15, 0.2) is 28.7 Å². The first kappa shape index (κ1) is 14.2. The van der Waals surface area contributed by atoms with Crippen LogP contribution in [0.2, 0.25) is 0 Å². The van der Waals surface area contributed by atoms with E-state index >= 15 is 0 Å². The van der Waals surface area contributed by atoms with Crippen molar-refractivity contribution in [3.8, 4) is 0 Å². The molecule has 3 N–H and O–H groups in total. The van der Waals surface area contributed by atoms with Crippen molar-refractivity contribution < 1.29 is 4.79 Å². The number of hydrogen-bond donors (Lipinski definition) is 2. The molecule has 0 saturated heterocycles. The highest BCUT2D eigenvalue weighted by Gasteiger charge is 2.20. The maximum Gasteiger partial charge on any atom is 0.237 e. The molecule has 0 bridgehead atoms. The maximum absolute atomic E-state index is 11.8. The van der Waals surface area contributed by atoms with Gasteiger partial charge in [-0.2, -0.15) is 0 Å². The number of carbonyl (C=O) groups excluding carboxylic acids is 1. The molecule has 0 aliphatic carbocycles. The molecule has 94 valence electrons. The van der Waals surface area contributed by atoms with Crippen molar-refractivity contribution in [3.63, 3.8) is 0 Å². The molecule has 0 unspecified atom stereocenters.